The van der Waals surface area contributed by atoms with Crippen molar-refractivity contribution < 1.29 is 47.4 Å². The Morgan fingerprint density at radius 1 is 1.10 bits per heavy atom. The molecule has 41 heavy (non-hydrogen) atoms. The molecule has 1 heterocycles. The number of aryl methyl sites for hydroxylation is 1. The number of carbonyl (C=O) groups is 2. The molecule has 4 N–H and O–H groups in total. The molecular formula is C29H48NO10P. The molecule has 1 fully saturated rings. The standard InChI is InChI=1S/C29H48NO10P/c1-2-3-4-5-6-7-8-9-12-19-36-25-15-11-10-14-23(25)17-18-28(31)38-22-27-26(16-13-20-37-27)40-41(34,35)39-21-24(30)29(32)33/h10-11,14-15,24,26-27H,2-9,12-13,16-22,30H2,1H3,(H,32,33)(H,34,35)/t24-,26-,27+/m0/s1. The summed E-state index contributed by atoms with van der Waals surface area (Å²) in [7, 11) is -4.60. The van der Waals surface area contributed by atoms with Gasteiger partial charge in [-0.3, -0.25) is 18.6 Å². The maximum Gasteiger partial charge on any atom is 0.472 e. The molecule has 0 radical (unpaired) electrons. The quantitative estimate of drug-likeness (QED) is 0.0913. The molecule has 1 unspecified atom stereocenters. The van der Waals surface area contributed by atoms with Crippen molar-refractivity contribution in [2.75, 3.05) is 26.4 Å². The number of carbonyl (C=O) groups excluding carboxylic acids is 1. The smallest absolute Gasteiger partial charge is 0.472 e. The van der Waals surface area contributed by atoms with E-state index in [1.807, 2.05) is 24.3 Å². The van der Waals surface area contributed by atoms with Gasteiger partial charge < -0.3 is 29.9 Å². The second kappa shape index (κ2) is 20.0. The second-order valence-corrected chi connectivity index (χ2v) is 11.8. The zero-order chi connectivity index (χ0) is 29.9. The number of carboxylic acids is 1. The van der Waals surface area contributed by atoms with E-state index < -0.39 is 44.6 Å². The highest BCUT2D eigenvalue weighted by Crippen LogP contribution is 2.46. The van der Waals surface area contributed by atoms with Crippen molar-refractivity contribution in [3.8, 4) is 5.75 Å². The number of phosphoric ester groups is 1. The topological polar surface area (TPSA) is 164 Å². The van der Waals surface area contributed by atoms with Crippen molar-refractivity contribution in [3.05, 3.63) is 29.8 Å². The monoisotopic (exact) mass is 601 g/mol. The van der Waals surface area contributed by atoms with Crippen LogP contribution < -0.4 is 10.5 Å². The summed E-state index contributed by atoms with van der Waals surface area (Å²) >= 11 is 0. The van der Waals surface area contributed by atoms with E-state index in [0.717, 1.165) is 24.2 Å². The third kappa shape index (κ3) is 15.2. The van der Waals surface area contributed by atoms with Gasteiger partial charge in [-0.05, 0) is 37.3 Å². The third-order valence-corrected chi connectivity index (χ3v) is 7.88. The summed E-state index contributed by atoms with van der Waals surface area (Å²) in [6, 6.07) is 6.19. The van der Waals surface area contributed by atoms with Crippen molar-refractivity contribution >= 4 is 19.8 Å². The van der Waals surface area contributed by atoms with Crippen LogP contribution in [0, 0.1) is 0 Å². The SMILES string of the molecule is CCCCCCCCCCCOc1ccccc1CCC(=O)OC[C@H]1OCCC[C@@H]1OP(=O)(O)OC[C@H](N)C(=O)O. The summed E-state index contributed by atoms with van der Waals surface area (Å²) in [4.78, 5) is 33.3. The number of aliphatic carboxylic acids is 1. The van der Waals surface area contributed by atoms with Crippen molar-refractivity contribution in [2.24, 2.45) is 5.73 Å². The molecule has 1 aromatic rings. The molecule has 11 nitrogen and oxygen atoms in total. The predicted octanol–water partition coefficient (Wildman–Crippen LogP) is 5.17. The van der Waals surface area contributed by atoms with E-state index in [1.165, 1.54) is 44.9 Å². The van der Waals surface area contributed by atoms with Crippen LogP contribution in [0.15, 0.2) is 24.3 Å². The Balaban J connectivity index is 1.71. The molecule has 1 aliphatic heterocycles. The van der Waals surface area contributed by atoms with Gasteiger partial charge >= 0.3 is 19.8 Å². The summed E-state index contributed by atoms with van der Waals surface area (Å²) in [5.41, 5.74) is 6.23. The first-order valence-electron chi connectivity index (χ1n) is 14.8. The highest BCUT2D eigenvalue weighted by Gasteiger charge is 2.36. The first kappa shape index (κ1) is 35.2. The van der Waals surface area contributed by atoms with E-state index >= 15 is 0 Å². The molecule has 0 saturated carbocycles. The third-order valence-electron chi connectivity index (χ3n) is 6.87. The lowest BCUT2D eigenvalue weighted by Crippen LogP contribution is -2.40. The summed E-state index contributed by atoms with van der Waals surface area (Å²) in [5.74, 6) is -1.04. The Morgan fingerprint density at radius 3 is 2.49 bits per heavy atom. The minimum atomic E-state index is -4.60. The minimum absolute atomic E-state index is 0.130. The fourth-order valence-electron chi connectivity index (χ4n) is 4.47. The molecule has 0 aliphatic carbocycles. The molecule has 1 saturated heterocycles. The summed E-state index contributed by atoms with van der Waals surface area (Å²) < 4.78 is 39.2. The first-order chi connectivity index (χ1) is 19.7. The molecule has 1 aromatic carbocycles. The Morgan fingerprint density at radius 2 is 1.78 bits per heavy atom. The fraction of sp³-hybridized carbons (Fsp3) is 0.724. The van der Waals surface area contributed by atoms with Crippen LogP contribution in [-0.4, -0.2) is 66.6 Å². The number of phosphoric acid groups is 1. The fourth-order valence-corrected chi connectivity index (χ4v) is 5.46. The lowest BCUT2D eigenvalue weighted by atomic mass is 10.1. The lowest BCUT2D eigenvalue weighted by Gasteiger charge is -2.32. The number of nitrogens with two attached hydrogens (primary N) is 1. The van der Waals surface area contributed by atoms with E-state index in [4.69, 9.17) is 34.1 Å². The Labute approximate surface area is 243 Å². The van der Waals surface area contributed by atoms with Crippen molar-refractivity contribution in [2.45, 2.75) is 109 Å². The van der Waals surface area contributed by atoms with Gasteiger partial charge in [-0.1, -0.05) is 76.5 Å². The average molecular weight is 602 g/mol. The first-order valence-corrected chi connectivity index (χ1v) is 16.3. The van der Waals surface area contributed by atoms with Gasteiger partial charge in [0.25, 0.3) is 0 Å². The lowest BCUT2D eigenvalue weighted by molar-refractivity contribution is -0.154. The van der Waals surface area contributed by atoms with Gasteiger partial charge in [-0.15, -0.1) is 0 Å². The number of rotatable bonds is 22. The Kier molecular flexibility index (Phi) is 17.2. The number of hydrogen-bond donors (Lipinski definition) is 3. The number of carboxylic acid groups (broad SMARTS) is 1. The largest absolute Gasteiger partial charge is 0.493 e. The van der Waals surface area contributed by atoms with Crippen LogP contribution in [0.25, 0.3) is 0 Å². The molecule has 1 aliphatic rings. The van der Waals surface area contributed by atoms with Crippen molar-refractivity contribution in [1.29, 1.82) is 0 Å². The molecule has 0 amide bonds. The molecular weight excluding hydrogens is 553 g/mol. The maximum absolute atomic E-state index is 12.5. The number of unbranched alkanes of at least 4 members (excludes halogenated alkanes) is 8. The highest BCUT2D eigenvalue weighted by molar-refractivity contribution is 7.47. The van der Waals surface area contributed by atoms with Gasteiger partial charge in [0.2, 0.25) is 0 Å². The molecule has 0 aromatic heterocycles. The van der Waals surface area contributed by atoms with Gasteiger partial charge in [0, 0.05) is 13.0 Å². The zero-order valence-electron chi connectivity index (χ0n) is 24.2. The molecule has 0 bridgehead atoms. The summed E-state index contributed by atoms with van der Waals surface area (Å²) in [6.45, 7) is 2.40. The summed E-state index contributed by atoms with van der Waals surface area (Å²) in [5, 5.41) is 8.80. The minimum Gasteiger partial charge on any atom is -0.493 e. The van der Waals surface area contributed by atoms with Gasteiger partial charge in [0.05, 0.1) is 19.3 Å². The van der Waals surface area contributed by atoms with Gasteiger partial charge in [0.15, 0.2) is 0 Å². The number of esters is 1. The number of hydrogen-bond acceptors (Lipinski definition) is 9. The zero-order valence-corrected chi connectivity index (χ0v) is 25.1. The molecule has 2 rings (SSSR count). The van der Waals surface area contributed by atoms with Gasteiger partial charge in [-0.2, -0.15) is 0 Å². The van der Waals surface area contributed by atoms with Crippen LogP contribution in [0.1, 0.15) is 89.5 Å². The maximum atomic E-state index is 12.5. The van der Waals surface area contributed by atoms with Crippen molar-refractivity contribution in [3.63, 3.8) is 0 Å². The van der Waals surface area contributed by atoms with Gasteiger partial charge in [0.1, 0.15) is 24.5 Å². The Bertz CT molecular complexity index is 946. The average Bonchev–Trinajstić information content (AvgIpc) is 2.95. The number of para-hydroxylation sites is 1. The molecule has 12 heteroatoms. The van der Waals surface area contributed by atoms with E-state index in [2.05, 4.69) is 6.92 Å². The Hall–Kier alpha value is -2.01. The number of ether oxygens (including phenoxy) is 3. The van der Waals surface area contributed by atoms with Crippen LogP contribution >= 0.6 is 7.82 Å². The van der Waals surface area contributed by atoms with E-state index in [0.29, 0.717) is 32.5 Å². The highest BCUT2D eigenvalue weighted by atomic mass is 31.2. The van der Waals surface area contributed by atoms with Crippen LogP contribution in [-0.2, 0) is 39.1 Å². The predicted molar refractivity (Wildman–Crippen MR) is 154 cm³/mol. The summed E-state index contributed by atoms with van der Waals surface area (Å²) in [6.07, 6.45) is 11.1. The van der Waals surface area contributed by atoms with Crippen LogP contribution in [0.4, 0.5) is 0 Å². The number of benzene rings is 1. The van der Waals surface area contributed by atoms with Crippen LogP contribution in [0.5, 0.6) is 5.75 Å². The van der Waals surface area contributed by atoms with Crippen LogP contribution in [0.3, 0.4) is 0 Å². The second-order valence-electron chi connectivity index (χ2n) is 10.4. The molecule has 0 spiro atoms. The molecule has 4 atom stereocenters. The normalized spacial score (nSPS) is 19.3. The van der Waals surface area contributed by atoms with E-state index in [9.17, 15) is 19.0 Å². The van der Waals surface area contributed by atoms with Crippen molar-refractivity contribution in [1.82, 2.24) is 0 Å². The van der Waals surface area contributed by atoms with E-state index in [-0.39, 0.29) is 13.0 Å². The van der Waals surface area contributed by atoms with Crippen LogP contribution in [0.2, 0.25) is 0 Å². The van der Waals surface area contributed by atoms with Gasteiger partial charge in [-0.25, -0.2) is 4.57 Å². The van der Waals surface area contributed by atoms with E-state index in [1.54, 1.807) is 0 Å². The molecule has 234 valence electrons.